The first kappa shape index (κ1) is 16.7. The SMILES string of the molecule is C=CN=CN(C)C.CC.CC. The highest BCUT2D eigenvalue weighted by Crippen LogP contribution is 1.66. The Labute approximate surface area is 71.6 Å². The molecule has 0 radical (unpaired) electrons. The summed E-state index contributed by atoms with van der Waals surface area (Å²) in [6.45, 7) is 11.4. The molecule has 0 N–H and O–H groups in total. The van der Waals surface area contributed by atoms with Gasteiger partial charge in [-0.05, 0) is 0 Å². The summed E-state index contributed by atoms with van der Waals surface area (Å²) < 4.78 is 0. The molecule has 68 valence electrons. The van der Waals surface area contributed by atoms with Crippen molar-refractivity contribution >= 4 is 6.34 Å². The molecule has 0 heterocycles. The van der Waals surface area contributed by atoms with Crippen LogP contribution < -0.4 is 0 Å². The molecule has 0 spiro atoms. The molecule has 0 saturated heterocycles. The van der Waals surface area contributed by atoms with Crippen molar-refractivity contribution in [1.29, 1.82) is 0 Å². The molecule has 2 heteroatoms. The van der Waals surface area contributed by atoms with Crippen LogP contribution in [0.2, 0.25) is 0 Å². The topological polar surface area (TPSA) is 15.6 Å². The van der Waals surface area contributed by atoms with E-state index in [0.717, 1.165) is 0 Å². The lowest BCUT2D eigenvalue weighted by Gasteiger charge is -1.98. The highest BCUT2D eigenvalue weighted by molar-refractivity contribution is 5.54. The minimum atomic E-state index is 1.50. The maximum Gasteiger partial charge on any atom is 0.0899 e. The lowest BCUT2D eigenvalue weighted by molar-refractivity contribution is 0.643. The Kier molecular flexibility index (Phi) is 34.6. The van der Waals surface area contributed by atoms with Crippen LogP contribution in [0.3, 0.4) is 0 Å². The fourth-order valence-electron chi connectivity index (χ4n) is 0.180. The van der Waals surface area contributed by atoms with Crippen molar-refractivity contribution in [3.8, 4) is 0 Å². The lowest BCUT2D eigenvalue weighted by Crippen LogP contribution is -2.06. The van der Waals surface area contributed by atoms with Gasteiger partial charge in [0, 0.05) is 20.3 Å². The van der Waals surface area contributed by atoms with E-state index in [4.69, 9.17) is 0 Å². The van der Waals surface area contributed by atoms with Crippen LogP contribution in [0.25, 0.3) is 0 Å². The molecule has 0 atom stereocenters. The summed E-state index contributed by atoms with van der Waals surface area (Å²) in [5, 5.41) is 0. The normalized spacial score (nSPS) is 7.09. The van der Waals surface area contributed by atoms with Gasteiger partial charge in [-0.25, -0.2) is 4.99 Å². The molecular weight excluding hydrogens is 136 g/mol. The van der Waals surface area contributed by atoms with Crippen LogP contribution >= 0.6 is 0 Å². The third-order valence-electron chi connectivity index (χ3n) is 0.403. The quantitative estimate of drug-likeness (QED) is 0.445. The van der Waals surface area contributed by atoms with E-state index >= 15 is 0 Å². The van der Waals surface area contributed by atoms with Gasteiger partial charge in [0.2, 0.25) is 0 Å². The fraction of sp³-hybridized carbons (Fsp3) is 0.667. The summed E-state index contributed by atoms with van der Waals surface area (Å²) in [5.74, 6) is 0. The van der Waals surface area contributed by atoms with Crippen molar-refractivity contribution in [1.82, 2.24) is 4.90 Å². The maximum absolute atomic E-state index is 3.74. The molecule has 0 rings (SSSR count). The smallest absolute Gasteiger partial charge is 0.0899 e. The predicted octanol–water partition coefficient (Wildman–Crippen LogP) is 2.77. The molecule has 0 saturated carbocycles. The van der Waals surface area contributed by atoms with Gasteiger partial charge in [0.05, 0.1) is 6.34 Å². The lowest BCUT2D eigenvalue weighted by atomic mass is 10.9. The summed E-state index contributed by atoms with van der Waals surface area (Å²) in [6.07, 6.45) is 3.19. The van der Waals surface area contributed by atoms with Gasteiger partial charge in [-0.2, -0.15) is 0 Å². The molecule has 2 nitrogen and oxygen atoms in total. The van der Waals surface area contributed by atoms with Gasteiger partial charge in [-0.15, -0.1) is 0 Å². The Morgan fingerprint density at radius 1 is 1.09 bits per heavy atom. The van der Waals surface area contributed by atoms with Crippen LogP contribution in [0.1, 0.15) is 27.7 Å². The van der Waals surface area contributed by atoms with Gasteiger partial charge in [-0.1, -0.05) is 34.3 Å². The van der Waals surface area contributed by atoms with Crippen molar-refractivity contribution in [2.45, 2.75) is 27.7 Å². The van der Waals surface area contributed by atoms with Crippen molar-refractivity contribution in [3.63, 3.8) is 0 Å². The van der Waals surface area contributed by atoms with Crippen molar-refractivity contribution in [3.05, 3.63) is 12.8 Å². The van der Waals surface area contributed by atoms with E-state index < -0.39 is 0 Å². The molecule has 0 aliphatic heterocycles. The summed E-state index contributed by atoms with van der Waals surface area (Å²) in [6, 6.07) is 0. The van der Waals surface area contributed by atoms with E-state index in [1.165, 1.54) is 6.20 Å². The van der Waals surface area contributed by atoms with Gasteiger partial charge < -0.3 is 4.90 Å². The van der Waals surface area contributed by atoms with Crippen molar-refractivity contribution in [2.75, 3.05) is 14.1 Å². The Hall–Kier alpha value is -0.790. The van der Waals surface area contributed by atoms with Gasteiger partial charge in [0.15, 0.2) is 0 Å². The van der Waals surface area contributed by atoms with E-state index in [1.54, 1.807) is 6.34 Å². The van der Waals surface area contributed by atoms with Crippen molar-refractivity contribution in [2.24, 2.45) is 4.99 Å². The van der Waals surface area contributed by atoms with E-state index in [1.807, 2.05) is 46.7 Å². The monoisotopic (exact) mass is 158 g/mol. The third-order valence-corrected chi connectivity index (χ3v) is 0.403. The number of hydrogen-bond donors (Lipinski definition) is 0. The molecule has 0 aromatic rings. The van der Waals surface area contributed by atoms with Gasteiger partial charge in [0.25, 0.3) is 0 Å². The zero-order chi connectivity index (χ0) is 9.70. The second-order valence-corrected chi connectivity index (χ2v) is 1.41. The number of nitrogens with zero attached hydrogens (tertiary/aromatic N) is 2. The summed E-state index contributed by atoms with van der Waals surface area (Å²) >= 11 is 0. The van der Waals surface area contributed by atoms with Crippen LogP contribution in [0.15, 0.2) is 17.8 Å². The second-order valence-electron chi connectivity index (χ2n) is 1.41. The average molecular weight is 158 g/mol. The predicted molar refractivity (Wildman–Crippen MR) is 55.1 cm³/mol. The maximum atomic E-state index is 3.74. The Bertz CT molecular complexity index is 75.6. The summed E-state index contributed by atoms with van der Waals surface area (Å²) in [4.78, 5) is 5.58. The van der Waals surface area contributed by atoms with E-state index in [2.05, 4.69) is 11.6 Å². The minimum Gasteiger partial charge on any atom is -0.369 e. The molecular formula is C9H22N2. The average Bonchev–Trinajstić information content (AvgIpc) is 2.08. The Morgan fingerprint density at radius 2 is 1.45 bits per heavy atom. The molecule has 0 aliphatic rings. The van der Waals surface area contributed by atoms with E-state index in [9.17, 15) is 0 Å². The molecule has 0 aromatic heterocycles. The number of rotatable bonds is 2. The van der Waals surface area contributed by atoms with Crippen LogP contribution in [0.5, 0.6) is 0 Å². The van der Waals surface area contributed by atoms with Crippen LogP contribution in [-0.4, -0.2) is 25.3 Å². The molecule has 0 aromatic carbocycles. The standard InChI is InChI=1S/C5H10N2.2C2H6/c1-4-6-5-7(2)3;2*1-2/h4-5H,1H2,2-3H3;2*1-2H3. The van der Waals surface area contributed by atoms with Gasteiger partial charge in [-0.3, -0.25) is 0 Å². The van der Waals surface area contributed by atoms with Crippen molar-refractivity contribution < 1.29 is 0 Å². The Balaban J connectivity index is -0.000000138. The first-order valence-corrected chi connectivity index (χ1v) is 4.08. The molecule has 0 unspecified atom stereocenters. The largest absolute Gasteiger partial charge is 0.369 e. The number of aliphatic imine (C=N–C) groups is 1. The zero-order valence-corrected chi connectivity index (χ0v) is 8.76. The molecule has 11 heavy (non-hydrogen) atoms. The molecule has 0 fully saturated rings. The van der Waals surface area contributed by atoms with E-state index in [-0.39, 0.29) is 0 Å². The third kappa shape index (κ3) is 46.5. The highest BCUT2D eigenvalue weighted by atomic mass is 15.1. The van der Waals surface area contributed by atoms with Crippen LogP contribution in [0, 0.1) is 0 Å². The van der Waals surface area contributed by atoms with Crippen LogP contribution in [0.4, 0.5) is 0 Å². The zero-order valence-electron chi connectivity index (χ0n) is 8.76. The van der Waals surface area contributed by atoms with Gasteiger partial charge in [0.1, 0.15) is 0 Å². The molecule has 0 bridgehead atoms. The summed E-state index contributed by atoms with van der Waals surface area (Å²) in [7, 11) is 3.82. The first-order chi connectivity index (χ1) is 5.27. The second kappa shape index (κ2) is 22.9. The minimum absolute atomic E-state index is 1.50. The molecule has 0 aliphatic carbocycles. The highest BCUT2D eigenvalue weighted by Gasteiger charge is 1.68. The molecule has 0 amide bonds. The van der Waals surface area contributed by atoms with E-state index in [0.29, 0.717) is 0 Å². The van der Waals surface area contributed by atoms with Gasteiger partial charge >= 0.3 is 0 Å². The fourth-order valence-corrected chi connectivity index (χ4v) is 0.180. The first-order valence-electron chi connectivity index (χ1n) is 4.08. The number of hydrogen-bond acceptors (Lipinski definition) is 1. The Morgan fingerprint density at radius 3 is 1.55 bits per heavy atom. The summed E-state index contributed by atoms with van der Waals surface area (Å²) in [5.41, 5.74) is 0. The van der Waals surface area contributed by atoms with Crippen LogP contribution in [-0.2, 0) is 0 Å².